The lowest BCUT2D eigenvalue weighted by Gasteiger charge is -2.31. The lowest BCUT2D eigenvalue weighted by molar-refractivity contribution is 0.0821. The van der Waals surface area contributed by atoms with Crippen LogP contribution in [0.1, 0.15) is 11.3 Å². The van der Waals surface area contributed by atoms with Crippen molar-refractivity contribution in [3.8, 4) is 0 Å². The van der Waals surface area contributed by atoms with Crippen molar-refractivity contribution in [2.24, 2.45) is 7.05 Å². The van der Waals surface area contributed by atoms with Crippen LogP contribution in [0.5, 0.6) is 0 Å². The van der Waals surface area contributed by atoms with Gasteiger partial charge in [-0.05, 0) is 24.3 Å². The zero-order valence-electron chi connectivity index (χ0n) is 14.9. The van der Waals surface area contributed by atoms with Crippen molar-refractivity contribution in [1.82, 2.24) is 9.47 Å². The minimum Gasteiger partial charge on any atom is -0.394 e. The topological polar surface area (TPSA) is 77.7 Å². The highest BCUT2D eigenvalue weighted by molar-refractivity contribution is 9.10. The molecule has 1 aliphatic heterocycles. The molecule has 1 atom stereocenters. The largest absolute Gasteiger partial charge is 0.394 e. The Balaban J connectivity index is 2.14. The first kappa shape index (κ1) is 20.2. The first-order valence-electron chi connectivity index (χ1n) is 8.32. The van der Waals surface area contributed by atoms with Crippen LogP contribution < -0.4 is 10.9 Å². The highest BCUT2D eigenvalue weighted by atomic mass is 79.9. The summed E-state index contributed by atoms with van der Waals surface area (Å²) in [6.45, 7) is 3.49. The molecule has 0 bridgehead atoms. The molecule has 0 spiro atoms. The molecule has 3 N–H and O–H groups in total. The number of fused-ring (bicyclic) bond motifs is 1. The summed E-state index contributed by atoms with van der Waals surface area (Å²) in [7, 11) is 1.42. The van der Waals surface area contributed by atoms with Gasteiger partial charge in [0.2, 0.25) is 5.82 Å². The molecular weight excluding hydrogens is 436 g/mol. The molecular formula is C19H18BrF2N3O3. The Bertz CT molecular complexity index is 1040. The summed E-state index contributed by atoms with van der Waals surface area (Å²) in [6.07, 6.45) is 2.10. The van der Waals surface area contributed by atoms with Gasteiger partial charge in [-0.25, -0.2) is 4.39 Å². The van der Waals surface area contributed by atoms with Gasteiger partial charge in [0.05, 0.1) is 36.3 Å². The molecule has 0 fully saturated rings. The van der Waals surface area contributed by atoms with Crippen molar-refractivity contribution in [1.29, 1.82) is 0 Å². The van der Waals surface area contributed by atoms with E-state index >= 15 is 0 Å². The Labute approximate surface area is 168 Å². The number of aromatic nitrogens is 1. The van der Waals surface area contributed by atoms with Crippen molar-refractivity contribution in [3.63, 3.8) is 0 Å². The number of hydrogen-bond donors (Lipinski definition) is 3. The van der Waals surface area contributed by atoms with E-state index in [0.717, 1.165) is 4.57 Å². The molecule has 0 saturated heterocycles. The van der Waals surface area contributed by atoms with Gasteiger partial charge in [-0.15, -0.1) is 0 Å². The van der Waals surface area contributed by atoms with Crippen LogP contribution in [0.15, 0.2) is 40.2 Å². The second-order valence-electron chi connectivity index (χ2n) is 6.31. The average molecular weight is 454 g/mol. The summed E-state index contributed by atoms with van der Waals surface area (Å²) in [6, 6.07) is 4.21. The first-order chi connectivity index (χ1) is 13.2. The number of benzene rings is 1. The third kappa shape index (κ3) is 3.60. The molecule has 0 saturated carbocycles. The highest BCUT2D eigenvalue weighted by Gasteiger charge is 2.27. The number of nitrogens with zero attached hydrogens (tertiary/aromatic N) is 2. The van der Waals surface area contributed by atoms with E-state index in [-0.39, 0.29) is 23.5 Å². The summed E-state index contributed by atoms with van der Waals surface area (Å²) in [5.74, 6) is -1.71. The fourth-order valence-corrected chi connectivity index (χ4v) is 3.28. The number of aliphatic hydroxyl groups is 2. The lowest BCUT2D eigenvalue weighted by Crippen LogP contribution is -2.33. The van der Waals surface area contributed by atoms with Gasteiger partial charge in [0.1, 0.15) is 5.82 Å². The van der Waals surface area contributed by atoms with Crippen molar-refractivity contribution < 1.29 is 19.0 Å². The maximum Gasteiger partial charge on any atom is 0.288 e. The molecule has 6 nitrogen and oxygen atoms in total. The van der Waals surface area contributed by atoms with Crippen LogP contribution in [0.4, 0.5) is 20.2 Å². The van der Waals surface area contributed by atoms with Crippen LogP contribution in [0.25, 0.3) is 11.8 Å². The molecule has 1 aromatic carbocycles. The zero-order chi connectivity index (χ0) is 20.6. The monoisotopic (exact) mass is 453 g/mol. The van der Waals surface area contributed by atoms with Crippen LogP contribution in [0, 0.1) is 11.6 Å². The molecule has 1 aromatic heterocycles. The molecule has 0 radical (unpaired) electrons. The number of pyridine rings is 1. The zero-order valence-corrected chi connectivity index (χ0v) is 16.5. The van der Waals surface area contributed by atoms with Crippen molar-refractivity contribution in [2.45, 2.75) is 6.10 Å². The molecule has 1 unspecified atom stereocenters. The fourth-order valence-electron chi connectivity index (χ4n) is 2.95. The predicted octanol–water partition coefficient (Wildman–Crippen LogP) is 2.78. The molecule has 3 rings (SSSR count). The van der Waals surface area contributed by atoms with Crippen LogP contribution in [-0.2, 0) is 7.05 Å². The maximum atomic E-state index is 14.9. The summed E-state index contributed by atoms with van der Waals surface area (Å²) < 4.78 is 30.8. The lowest BCUT2D eigenvalue weighted by atomic mass is 10.0. The van der Waals surface area contributed by atoms with Gasteiger partial charge >= 0.3 is 0 Å². The standard InChI is InChI=1S/C19H18BrF2N3O3/c1-10-16-15(5-6-25(10)8-12(27)9-26)24(2)19(28)17(22)18(16)23-14-4-3-11(20)7-13(14)21/h3-7,12,23,26-27H,1,8-9H2,2H3. The van der Waals surface area contributed by atoms with Crippen molar-refractivity contribution in [3.05, 3.63) is 68.7 Å². The Morgan fingerprint density at radius 1 is 1.36 bits per heavy atom. The van der Waals surface area contributed by atoms with Crippen LogP contribution in [0.3, 0.4) is 0 Å². The van der Waals surface area contributed by atoms with E-state index in [2.05, 4.69) is 27.8 Å². The molecule has 9 heteroatoms. The fraction of sp³-hybridized carbons (Fsp3) is 0.211. The van der Waals surface area contributed by atoms with Gasteiger partial charge in [0.25, 0.3) is 5.56 Å². The Hall–Kier alpha value is -2.49. The number of aliphatic hydroxyl groups excluding tert-OH is 2. The molecule has 1 aliphatic rings. The van der Waals surface area contributed by atoms with Gasteiger partial charge in [0.15, 0.2) is 0 Å². The van der Waals surface area contributed by atoms with Gasteiger partial charge < -0.3 is 25.0 Å². The summed E-state index contributed by atoms with van der Waals surface area (Å²) in [5, 5.41) is 21.5. The normalized spacial score (nSPS) is 14.2. The van der Waals surface area contributed by atoms with Crippen LogP contribution in [0.2, 0.25) is 0 Å². The van der Waals surface area contributed by atoms with E-state index in [1.165, 1.54) is 24.1 Å². The van der Waals surface area contributed by atoms with Gasteiger partial charge in [-0.1, -0.05) is 22.5 Å². The van der Waals surface area contributed by atoms with E-state index in [9.17, 15) is 18.7 Å². The molecule has 28 heavy (non-hydrogen) atoms. The number of anilines is 2. The number of rotatable bonds is 5. The van der Waals surface area contributed by atoms with Crippen LogP contribution in [-0.4, -0.2) is 38.9 Å². The highest BCUT2D eigenvalue weighted by Crippen LogP contribution is 2.36. The smallest absolute Gasteiger partial charge is 0.288 e. The number of halogens is 3. The molecule has 2 aromatic rings. The third-order valence-corrected chi connectivity index (χ3v) is 4.93. The van der Waals surface area contributed by atoms with E-state index < -0.39 is 29.9 Å². The molecule has 0 amide bonds. The Kier molecular flexibility index (Phi) is 5.69. The van der Waals surface area contributed by atoms with E-state index in [1.807, 2.05) is 0 Å². The van der Waals surface area contributed by atoms with E-state index in [0.29, 0.717) is 15.9 Å². The summed E-state index contributed by atoms with van der Waals surface area (Å²) >= 11 is 3.16. The van der Waals surface area contributed by atoms with Gasteiger partial charge in [-0.2, -0.15) is 4.39 Å². The molecule has 148 valence electrons. The Morgan fingerprint density at radius 3 is 2.71 bits per heavy atom. The number of β-amino-alcohol motifs (C(OH)–C–C–N with tert-alkyl or cyclic N) is 1. The first-order valence-corrected chi connectivity index (χ1v) is 9.11. The molecule has 0 aliphatic carbocycles. The summed E-state index contributed by atoms with van der Waals surface area (Å²) in [4.78, 5) is 13.8. The number of nitrogens with one attached hydrogen (secondary N) is 1. The SMILES string of the molecule is C=C1c2c(Nc3ccc(Br)cc3F)c(F)c(=O)n(C)c2C=CN1CC(O)CO. The maximum absolute atomic E-state index is 14.9. The third-order valence-electron chi connectivity index (χ3n) is 4.44. The van der Waals surface area contributed by atoms with Crippen molar-refractivity contribution >= 4 is 39.1 Å². The van der Waals surface area contributed by atoms with E-state index in [4.69, 9.17) is 5.11 Å². The summed E-state index contributed by atoms with van der Waals surface area (Å²) in [5.41, 5.74) is -0.167. The predicted molar refractivity (Wildman–Crippen MR) is 107 cm³/mol. The van der Waals surface area contributed by atoms with Gasteiger partial charge in [-0.3, -0.25) is 4.79 Å². The van der Waals surface area contributed by atoms with Gasteiger partial charge in [0, 0.05) is 29.0 Å². The van der Waals surface area contributed by atoms with Crippen molar-refractivity contribution in [2.75, 3.05) is 18.5 Å². The van der Waals surface area contributed by atoms with E-state index in [1.54, 1.807) is 18.3 Å². The number of hydrogen-bond acceptors (Lipinski definition) is 5. The average Bonchev–Trinajstić information content (AvgIpc) is 2.66. The minimum absolute atomic E-state index is 0.0122. The Morgan fingerprint density at radius 2 is 2.07 bits per heavy atom. The van der Waals surface area contributed by atoms with Crippen LogP contribution >= 0.6 is 15.9 Å². The second kappa shape index (κ2) is 7.86. The quantitative estimate of drug-likeness (QED) is 0.648. The second-order valence-corrected chi connectivity index (χ2v) is 7.23. The molecule has 2 heterocycles. The minimum atomic E-state index is -1.08.